The minimum absolute atomic E-state index is 0.0121. The van der Waals surface area contributed by atoms with Gasteiger partial charge >= 0.3 is 12.4 Å². The minimum atomic E-state index is -4.56. The van der Waals surface area contributed by atoms with Crippen LogP contribution in [0.5, 0.6) is 0 Å². The Bertz CT molecular complexity index is 1120. The van der Waals surface area contributed by atoms with Crippen molar-refractivity contribution < 1.29 is 31.1 Å². The van der Waals surface area contributed by atoms with Crippen LogP contribution in [0.4, 0.5) is 32.0 Å². The standard InChI is InChI=1S/C22H21F6N3O2/c1-13-6-20(33)31(12-21(23,24)25)18-11-30(10-17(13)18)19(32)7-14-8-29(9-14)16-4-2-15(3-5-16)22(26,27)28/h2-6,14H,7-12H2,1H3. The lowest BCUT2D eigenvalue weighted by atomic mass is 9.94. The molecule has 4 rings (SSSR count). The molecule has 1 aromatic heterocycles. The summed E-state index contributed by atoms with van der Waals surface area (Å²) in [5, 5.41) is 0. The molecule has 1 saturated heterocycles. The van der Waals surface area contributed by atoms with Gasteiger partial charge in [-0.05, 0) is 42.3 Å². The second-order valence-electron chi connectivity index (χ2n) is 8.56. The summed E-state index contributed by atoms with van der Waals surface area (Å²) in [7, 11) is 0. The van der Waals surface area contributed by atoms with Gasteiger partial charge < -0.3 is 14.4 Å². The molecule has 5 nitrogen and oxygen atoms in total. The highest BCUT2D eigenvalue weighted by Gasteiger charge is 2.36. The van der Waals surface area contributed by atoms with Crippen LogP contribution in [0.25, 0.3) is 0 Å². The molecular formula is C22H21F6N3O2. The second kappa shape index (κ2) is 8.11. The molecule has 3 heterocycles. The number of aryl methyl sites for hydroxylation is 1. The Morgan fingerprint density at radius 3 is 2.24 bits per heavy atom. The summed E-state index contributed by atoms with van der Waals surface area (Å²) in [6.45, 7) is 1.32. The molecule has 0 spiro atoms. The summed E-state index contributed by atoms with van der Waals surface area (Å²) >= 11 is 0. The van der Waals surface area contributed by atoms with E-state index in [1.807, 2.05) is 4.90 Å². The lowest BCUT2D eigenvalue weighted by molar-refractivity contribution is -0.141. The van der Waals surface area contributed by atoms with Crippen molar-refractivity contribution in [2.75, 3.05) is 18.0 Å². The molecule has 0 bridgehead atoms. The highest BCUT2D eigenvalue weighted by Crippen LogP contribution is 2.33. The quantitative estimate of drug-likeness (QED) is 0.629. The van der Waals surface area contributed by atoms with Gasteiger partial charge in [-0.15, -0.1) is 0 Å². The van der Waals surface area contributed by atoms with Crippen LogP contribution in [0.3, 0.4) is 0 Å². The van der Waals surface area contributed by atoms with Gasteiger partial charge in [0.1, 0.15) is 6.54 Å². The van der Waals surface area contributed by atoms with Crippen molar-refractivity contribution in [3.63, 3.8) is 0 Å². The van der Waals surface area contributed by atoms with Gasteiger partial charge in [0.2, 0.25) is 5.91 Å². The number of hydrogen-bond acceptors (Lipinski definition) is 3. The van der Waals surface area contributed by atoms with Crippen molar-refractivity contribution >= 4 is 11.6 Å². The first-order valence-corrected chi connectivity index (χ1v) is 10.3. The molecule has 33 heavy (non-hydrogen) atoms. The number of halogens is 6. The van der Waals surface area contributed by atoms with E-state index in [1.54, 1.807) is 6.92 Å². The van der Waals surface area contributed by atoms with Gasteiger partial charge in [0.25, 0.3) is 5.56 Å². The number of aromatic nitrogens is 1. The number of anilines is 1. The zero-order chi connectivity index (χ0) is 24.1. The third-order valence-corrected chi connectivity index (χ3v) is 6.12. The van der Waals surface area contributed by atoms with Gasteiger partial charge in [0.15, 0.2) is 0 Å². The van der Waals surface area contributed by atoms with Gasteiger partial charge in [0.05, 0.1) is 12.1 Å². The summed E-state index contributed by atoms with van der Waals surface area (Å²) in [6, 6.07) is 5.96. The number of alkyl halides is 6. The van der Waals surface area contributed by atoms with Crippen molar-refractivity contribution in [2.24, 2.45) is 5.92 Å². The molecule has 0 atom stereocenters. The van der Waals surface area contributed by atoms with Gasteiger partial charge in [0, 0.05) is 49.4 Å². The Morgan fingerprint density at radius 1 is 1.03 bits per heavy atom. The van der Waals surface area contributed by atoms with Crippen molar-refractivity contribution in [3.8, 4) is 0 Å². The SMILES string of the molecule is Cc1cc(=O)n(CC(F)(F)F)c2c1CN(C(=O)CC1CN(c3ccc(C(F)(F)F)cc3)C1)C2. The first-order chi connectivity index (χ1) is 15.3. The predicted molar refractivity (Wildman–Crippen MR) is 108 cm³/mol. The molecule has 178 valence electrons. The van der Waals surface area contributed by atoms with E-state index in [0.717, 1.165) is 18.2 Å². The van der Waals surface area contributed by atoms with E-state index in [4.69, 9.17) is 0 Å². The Labute approximate surface area is 185 Å². The molecule has 2 aliphatic rings. The number of carbonyl (C=O) groups excluding carboxylic acids is 1. The fourth-order valence-corrected chi connectivity index (χ4v) is 4.37. The number of fused-ring (bicyclic) bond motifs is 1. The molecule has 0 unspecified atom stereocenters. The maximum atomic E-state index is 12.9. The van der Waals surface area contributed by atoms with E-state index in [2.05, 4.69) is 0 Å². The van der Waals surface area contributed by atoms with Crippen LogP contribution in [-0.2, 0) is 30.6 Å². The molecule has 1 aromatic carbocycles. The van der Waals surface area contributed by atoms with Crippen LogP contribution in [-0.4, -0.2) is 34.6 Å². The van der Waals surface area contributed by atoms with E-state index in [9.17, 15) is 35.9 Å². The number of nitrogens with zero attached hydrogens (tertiary/aromatic N) is 3. The molecule has 0 aliphatic carbocycles. The van der Waals surface area contributed by atoms with Crippen molar-refractivity contribution in [2.45, 2.75) is 45.3 Å². The van der Waals surface area contributed by atoms with Crippen LogP contribution >= 0.6 is 0 Å². The highest BCUT2D eigenvalue weighted by molar-refractivity contribution is 5.77. The van der Waals surface area contributed by atoms with Crippen molar-refractivity contribution in [3.05, 3.63) is 63.1 Å². The Hall–Kier alpha value is -2.98. The maximum Gasteiger partial charge on any atom is 0.416 e. The van der Waals surface area contributed by atoms with E-state index >= 15 is 0 Å². The summed E-state index contributed by atoms with van der Waals surface area (Å²) in [6.07, 6.45) is -8.79. The molecule has 2 aliphatic heterocycles. The first-order valence-electron chi connectivity index (χ1n) is 10.3. The van der Waals surface area contributed by atoms with Gasteiger partial charge in [-0.25, -0.2) is 0 Å². The van der Waals surface area contributed by atoms with E-state index < -0.39 is 30.0 Å². The minimum Gasteiger partial charge on any atom is -0.371 e. The molecule has 1 fully saturated rings. The lowest BCUT2D eigenvalue weighted by Gasteiger charge is -2.41. The molecule has 11 heteroatoms. The molecule has 0 radical (unpaired) electrons. The molecular weight excluding hydrogens is 452 g/mol. The van der Waals surface area contributed by atoms with E-state index in [-0.39, 0.29) is 37.0 Å². The molecule has 0 N–H and O–H groups in total. The Balaban J connectivity index is 1.37. The summed E-state index contributed by atoms with van der Waals surface area (Å²) in [5.74, 6) is -0.240. The third-order valence-electron chi connectivity index (χ3n) is 6.12. The Morgan fingerprint density at radius 2 is 1.67 bits per heavy atom. The summed E-state index contributed by atoms with van der Waals surface area (Å²) in [5.41, 5.74) is 0.487. The normalized spacial score (nSPS) is 16.7. The number of benzene rings is 1. The third kappa shape index (κ3) is 4.86. The van der Waals surface area contributed by atoms with E-state index in [0.29, 0.717) is 34.5 Å². The van der Waals surface area contributed by atoms with Crippen LogP contribution in [0.15, 0.2) is 35.1 Å². The van der Waals surface area contributed by atoms with Crippen LogP contribution in [0, 0.1) is 12.8 Å². The van der Waals surface area contributed by atoms with Gasteiger partial charge in [-0.1, -0.05) is 0 Å². The topological polar surface area (TPSA) is 45.6 Å². The number of carbonyl (C=O) groups is 1. The zero-order valence-electron chi connectivity index (χ0n) is 17.6. The number of hydrogen-bond donors (Lipinski definition) is 0. The van der Waals surface area contributed by atoms with Crippen molar-refractivity contribution in [1.29, 1.82) is 0 Å². The zero-order valence-corrected chi connectivity index (χ0v) is 17.6. The van der Waals surface area contributed by atoms with Crippen molar-refractivity contribution in [1.82, 2.24) is 9.47 Å². The molecule has 2 aromatic rings. The fourth-order valence-electron chi connectivity index (χ4n) is 4.37. The first kappa shape index (κ1) is 23.2. The van der Waals surface area contributed by atoms with Crippen LogP contribution in [0.2, 0.25) is 0 Å². The molecule has 1 amide bonds. The summed E-state index contributed by atoms with van der Waals surface area (Å²) < 4.78 is 77.5. The Kier molecular flexibility index (Phi) is 5.69. The fraction of sp³-hybridized carbons (Fsp3) is 0.455. The summed E-state index contributed by atoms with van der Waals surface area (Å²) in [4.78, 5) is 28.2. The van der Waals surface area contributed by atoms with E-state index in [1.165, 1.54) is 17.0 Å². The highest BCUT2D eigenvalue weighted by atomic mass is 19.4. The average Bonchev–Trinajstić information content (AvgIpc) is 3.12. The smallest absolute Gasteiger partial charge is 0.371 e. The maximum absolute atomic E-state index is 12.9. The second-order valence-corrected chi connectivity index (χ2v) is 8.56. The number of rotatable bonds is 4. The van der Waals surface area contributed by atoms with Gasteiger partial charge in [-0.2, -0.15) is 26.3 Å². The number of amides is 1. The van der Waals surface area contributed by atoms with Crippen LogP contribution < -0.4 is 10.5 Å². The predicted octanol–water partition coefficient (Wildman–Crippen LogP) is 4.11. The molecule has 0 saturated carbocycles. The van der Waals surface area contributed by atoms with Crippen LogP contribution in [0.1, 0.15) is 28.8 Å². The largest absolute Gasteiger partial charge is 0.416 e. The monoisotopic (exact) mass is 473 g/mol. The van der Waals surface area contributed by atoms with Gasteiger partial charge in [-0.3, -0.25) is 9.59 Å². The lowest BCUT2D eigenvalue weighted by Crippen LogP contribution is -2.48. The number of pyridine rings is 1. The average molecular weight is 473 g/mol.